The number of amides is 2. The molecule has 0 radical (unpaired) electrons. The molecule has 2 aliphatic rings. The summed E-state index contributed by atoms with van der Waals surface area (Å²) in [7, 11) is 0. The van der Waals surface area contributed by atoms with Crippen LogP contribution >= 0.6 is 22.7 Å². The molecule has 1 saturated heterocycles. The second kappa shape index (κ2) is 8.77. The van der Waals surface area contributed by atoms with Gasteiger partial charge in [-0.05, 0) is 22.9 Å². The van der Waals surface area contributed by atoms with Gasteiger partial charge in [0.15, 0.2) is 0 Å². The highest BCUT2D eigenvalue weighted by Gasteiger charge is 2.35. The molecule has 2 amide bonds. The molecule has 2 aliphatic heterocycles. The van der Waals surface area contributed by atoms with Crippen LogP contribution in [0.25, 0.3) is 0 Å². The molecular weight excluding hydrogens is 404 g/mol. The Kier molecular flexibility index (Phi) is 6.12. The molecule has 4 rings (SSSR count). The lowest BCUT2D eigenvalue weighted by Gasteiger charge is -2.35. The van der Waals surface area contributed by atoms with Gasteiger partial charge in [0, 0.05) is 43.4 Å². The van der Waals surface area contributed by atoms with Gasteiger partial charge >= 0.3 is 0 Å². The van der Waals surface area contributed by atoms with E-state index in [-0.39, 0.29) is 23.8 Å². The van der Waals surface area contributed by atoms with Gasteiger partial charge < -0.3 is 4.90 Å². The van der Waals surface area contributed by atoms with Crippen molar-refractivity contribution in [1.29, 1.82) is 0 Å². The molecule has 0 saturated carbocycles. The van der Waals surface area contributed by atoms with Crippen LogP contribution in [0, 0.1) is 5.92 Å². The first-order chi connectivity index (χ1) is 14.0. The van der Waals surface area contributed by atoms with Gasteiger partial charge in [-0.2, -0.15) is 5.10 Å². The van der Waals surface area contributed by atoms with Gasteiger partial charge in [-0.1, -0.05) is 26.0 Å². The summed E-state index contributed by atoms with van der Waals surface area (Å²) < 4.78 is 0. The normalized spacial score (nSPS) is 20.4. The summed E-state index contributed by atoms with van der Waals surface area (Å²) in [5.74, 6) is 0.237. The predicted molar refractivity (Wildman–Crippen MR) is 117 cm³/mol. The molecule has 4 heterocycles. The molecule has 0 aromatic carbocycles. The van der Waals surface area contributed by atoms with E-state index in [1.165, 1.54) is 4.88 Å². The number of thiophene rings is 2. The highest BCUT2D eigenvalue weighted by atomic mass is 32.1. The van der Waals surface area contributed by atoms with Crippen LogP contribution in [0.2, 0.25) is 0 Å². The Balaban J connectivity index is 1.43. The fraction of sp³-hybridized carbons (Fsp3) is 0.476. The molecule has 8 heteroatoms. The zero-order chi connectivity index (χ0) is 20.4. The minimum atomic E-state index is -0.0246. The number of piperazine rings is 1. The van der Waals surface area contributed by atoms with Gasteiger partial charge in [0.1, 0.15) is 0 Å². The average molecular weight is 431 g/mol. The Morgan fingerprint density at radius 3 is 2.45 bits per heavy atom. The summed E-state index contributed by atoms with van der Waals surface area (Å²) >= 11 is 3.33. The van der Waals surface area contributed by atoms with Crippen molar-refractivity contribution in [3.05, 3.63) is 44.8 Å². The average Bonchev–Trinajstić information content (AvgIpc) is 3.48. The molecule has 0 spiro atoms. The lowest BCUT2D eigenvalue weighted by Crippen LogP contribution is -2.52. The Bertz CT molecular complexity index is 869. The SMILES string of the molecule is CC(C)C(=O)N1CCN(CC(=O)N2N=C(c3cccs3)CC2c2cccs2)CC1. The first kappa shape index (κ1) is 20.3. The van der Waals surface area contributed by atoms with Crippen molar-refractivity contribution in [1.82, 2.24) is 14.8 Å². The number of hydrogen-bond acceptors (Lipinski definition) is 6. The van der Waals surface area contributed by atoms with Gasteiger partial charge in [0.05, 0.1) is 23.2 Å². The zero-order valence-corrected chi connectivity index (χ0v) is 18.4. The van der Waals surface area contributed by atoms with Crippen molar-refractivity contribution < 1.29 is 9.59 Å². The minimum Gasteiger partial charge on any atom is -0.340 e. The van der Waals surface area contributed by atoms with Gasteiger partial charge in [-0.15, -0.1) is 22.7 Å². The van der Waals surface area contributed by atoms with E-state index in [2.05, 4.69) is 17.0 Å². The predicted octanol–water partition coefficient (Wildman–Crippen LogP) is 3.29. The molecule has 0 bridgehead atoms. The van der Waals surface area contributed by atoms with Crippen LogP contribution in [0.3, 0.4) is 0 Å². The van der Waals surface area contributed by atoms with E-state index in [9.17, 15) is 9.59 Å². The molecule has 0 N–H and O–H groups in total. The van der Waals surface area contributed by atoms with E-state index < -0.39 is 0 Å². The Morgan fingerprint density at radius 2 is 1.83 bits per heavy atom. The highest BCUT2D eigenvalue weighted by Crippen LogP contribution is 2.36. The minimum absolute atomic E-state index is 0.0179. The van der Waals surface area contributed by atoms with Gasteiger partial charge in [-0.25, -0.2) is 5.01 Å². The quantitative estimate of drug-likeness (QED) is 0.731. The fourth-order valence-corrected chi connectivity index (χ4v) is 5.32. The summed E-state index contributed by atoms with van der Waals surface area (Å²) in [4.78, 5) is 31.7. The number of hydrogen-bond donors (Lipinski definition) is 0. The maximum atomic E-state index is 13.2. The van der Waals surface area contributed by atoms with Gasteiger partial charge in [0.2, 0.25) is 5.91 Å². The molecule has 2 aromatic rings. The first-order valence-corrected chi connectivity index (χ1v) is 11.8. The summed E-state index contributed by atoms with van der Waals surface area (Å²) in [5.41, 5.74) is 0.985. The summed E-state index contributed by atoms with van der Waals surface area (Å²) in [6.07, 6.45) is 0.753. The molecule has 29 heavy (non-hydrogen) atoms. The van der Waals surface area contributed by atoms with Crippen LogP contribution in [0.4, 0.5) is 0 Å². The smallest absolute Gasteiger partial charge is 0.257 e. The maximum Gasteiger partial charge on any atom is 0.257 e. The maximum absolute atomic E-state index is 13.2. The fourth-order valence-electron chi connectivity index (χ4n) is 3.79. The Labute approximate surface area is 179 Å². The van der Waals surface area contributed by atoms with Crippen LogP contribution in [-0.2, 0) is 9.59 Å². The molecule has 1 fully saturated rings. The molecule has 2 aromatic heterocycles. The second-order valence-corrected chi connectivity index (χ2v) is 9.68. The van der Waals surface area contributed by atoms with E-state index in [0.29, 0.717) is 19.6 Å². The van der Waals surface area contributed by atoms with Crippen LogP contribution in [0.5, 0.6) is 0 Å². The van der Waals surface area contributed by atoms with E-state index in [4.69, 9.17) is 5.10 Å². The third kappa shape index (κ3) is 4.44. The third-order valence-electron chi connectivity index (χ3n) is 5.38. The number of carbonyl (C=O) groups excluding carboxylic acids is 2. The van der Waals surface area contributed by atoms with E-state index in [1.54, 1.807) is 27.7 Å². The van der Waals surface area contributed by atoms with E-state index in [1.807, 2.05) is 41.6 Å². The molecule has 0 aliphatic carbocycles. The van der Waals surface area contributed by atoms with Crippen LogP contribution in [0.15, 0.2) is 40.1 Å². The molecule has 154 valence electrons. The first-order valence-electron chi connectivity index (χ1n) is 10.0. The summed E-state index contributed by atoms with van der Waals surface area (Å²) in [5, 5.41) is 10.5. The van der Waals surface area contributed by atoms with Crippen LogP contribution in [-0.4, -0.2) is 65.1 Å². The number of nitrogens with zero attached hydrogens (tertiary/aromatic N) is 4. The second-order valence-electron chi connectivity index (χ2n) is 7.75. The van der Waals surface area contributed by atoms with Gasteiger partial charge in [-0.3, -0.25) is 14.5 Å². The summed E-state index contributed by atoms with van der Waals surface area (Å²) in [6, 6.07) is 8.16. The van der Waals surface area contributed by atoms with Crippen molar-refractivity contribution in [3.63, 3.8) is 0 Å². The summed E-state index contributed by atoms with van der Waals surface area (Å²) in [6.45, 7) is 7.02. The monoisotopic (exact) mass is 430 g/mol. The third-order valence-corrected chi connectivity index (χ3v) is 7.27. The number of carbonyl (C=O) groups is 2. The zero-order valence-electron chi connectivity index (χ0n) is 16.8. The largest absolute Gasteiger partial charge is 0.340 e. The number of rotatable bonds is 5. The molecular formula is C21H26N4O2S2. The molecule has 6 nitrogen and oxygen atoms in total. The topological polar surface area (TPSA) is 56.2 Å². The highest BCUT2D eigenvalue weighted by molar-refractivity contribution is 7.12. The van der Waals surface area contributed by atoms with Crippen molar-refractivity contribution in [2.75, 3.05) is 32.7 Å². The van der Waals surface area contributed by atoms with Crippen molar-refractivity contribution in [2.24, 2.45) is 11.0 Å². The van der Waals surface area contributed by atoms with E-state index in [0.717, 1.165) is 30.1 Å². The van der Waals surface area contributed by atoms with Crippen molar-refractivity contribution in [2.45, 2.75) is 26.3 Å². The lowest BCUT2D eigenvalue weighted by molar-refractivity contribution is -0.137. The van der Waals surface area contributed by atoms with Crippen molar-refractivity contribution in [3.8, 4) is 0 Å². The van der Waals surface area contributed by atoms with Crippen LogP contribution < -0.4 is 0 Å². The van der Waals surface area contributed by atoms with Crippen molar-refractivity contribution >= 4 is 40.2 Å². The molecule has 1 unspecified atom stereocenters. The number of hydrazone groups is 1. The van der Waals surface area contributed by atoms with E-state index >= 15 is 0 Å². The van der Waals surface area contributed by atoms with Crippen LogP contribution in [0.1, 0.15) is 36.1 Å². The lowest BCUT2D eigenvalue weighted by atomic mass is 10.1. The standard InChI is InChI=1S/C21H26N4O2S2/c1-15(2)21(27)24-9-7-23(8-10-24)14-20(26)25-17(19-6-4-12-29-19)13-16(22-25)18-5-3-11-28-18/h3-6,11-12,15,17H,7-10,13-14H2,1-2H3. The Hall–Kier alpha value is -2.03. The van der Waals surface area contributed by atoms with Gasteiger partial charge in [0.25, 0.3) is 5.91 Å². The Morgan fingerprint density at radius 1 is 1.10 bits per heavy atom. The molecule has 1 atom stereocenters.